The van der Waals surface area contributed by atoms with Gasteiger partial charge in [0.25, 0.3) is 0 Å². The van der Waals surface area contributed by atoms with E-state index in [0.29, 0.717) is 5.75 Å². The maximum Gasteiger partial charge on any atom is 0.349 e. The van der Waals surface area contributed by atoms with Crippen molar-refractivity contribution in [3.8, 4) is 11.5 Å². The molecule has 0 aliphatic rings. The molecule has 0 aromatic heterocycles. The fourth-order valence-electron chi connectivity index (χ4n) is 1.84. The SMILES string of the molecule is CCc1ccc(OCC(=O)Oc2ccc(C(=O)O)cc2)c(Br)c1. The van der Waals surface area contributed by atoms with Gasteiger partial charge in [-0.1, -0.05) is 13.0 Å². The zero-order chi connectivity index (χ0) is 16.8. The van der Waals surface area contributed by atoms with Crippen LogP contribution in [0.25, 0.3) is 0 Å². The van der Waals surface area contributed by atoms with Gasteiger partial charge in [0.05, 0.1) is 10.0 Å². The second-order valence-corrected chi connectivity index (χ2v) is 5.56. The standard InChI is InChI=1S/C17H15BrO5/c1-2-11-3-8-15(14(18)9-11)22-10-16(19)23-13-6-4-12(5-7-13)17(20)21/h3-9H,2,10H2,1H3,(H,20,21). The van der Waals surface area contributed by atoms with Gasteiger partial charge >= 0.3 is 11.9 Å². The first-order chi connectivity index (χ1) is 11.0. The summed E-state index contributed by atoms with van der Waals surface area (Å²) in [6.45, 7) is 1.81. The number of hydrogen-bond acceptors (Lipinski definition) is 4. The molecular weight excluding hydrogens is 364 g/mol. The molecule has 0 heterocycles. The van der Waals surface area contributed by atoms with E-state index >= 15 is 0 Å². The molecule has 0 saturated carbocycles. The minimum atomic E-state index is -1.04. The van der Waals surface area contributed by atoms with Crippen LogP contribution >= 0.6 is 15.9 Å². The van der Waals surface area contributed by atoms with E-state index in [9.17, 15) is 9.59 Å². The maximum atomic E-state index is 11.8. The van der Waals surface area contributed by atoms with Crippen LogP contribution in [0.15, 0.2) is 46.9 Å². The number of carbonyl (C=O) groups excluding carboxylic acids is 1. The first-order valence-electron chi connectivity index (χ1n) is 6.95. The summed E-state index contributed by atoms with van der Waals surface area (Å²) in [5.41, 5.74) is 1.28. The predicted octanol–water partition coefficient (Wildman–Crippen LogP) is 3.69. The van der Waals surface area contributed by atoms with E-state index in [1.807, 2.05) is 12.1 Å². The lowest BCUT2D eigenvalue weighted by atomic mass is 10.2. The van der Waals surface area contributed by atoms with E-state index in [0.717, 1.165) is 16.5 Å². The molecule has 0 amide bonds. The average Bonchev–Trinajstić information content (AvgIpc) is 2.54. The van der Waals surface area contributed by atoms with Gasteiger partial charge in [0.1, 0.15) is 11.5 Å². The van der Waals surface area contributed by atoms with Crippen LogP contribution in [0, 0.1) is 0 Å². The Labute approximate surface area is 142 Å². The van der Waals surface area contributed by atoms with Crippen LogP contribution in [-0.4, -0.2) is 23.7 Å². The van der Waals surface area contributed by atoms with Gasteiger partial charge in [0, 0.05) is 0 Å². The Balaban J connectivity index is 1.91. The number of halogens is 1. The Bertz CT molecular complexity index is 709. The summed E-state index contributed by atoms with van der Waals surface area (Å²) in [5.74, 6) is -0.782. The van der Waals surface area contributed by atoms with Crippen molar-refractivity contribution in [1.82, 2.24) is 0 Å². The summed E-state index contributed by atoms with van der Waals surface area (Å²) in [6.07, 6.45) is 0.910. The lowest BCUT2D eigenvalue weighted by Crippen LogP contribution is -2.17. The van der Waals surface area contributed by atoms with Crippen molar-refractivity contribution in [2.45, 2.75) is 13.3 Å². The van der Waals surface area contributed by atoms with Gasteiger partial charge in [-0.05, 0) is 64.3 Å². The molecule has 1 N–H and O–H groups in total. The largest absolute Gasteiger partial charge is 0.481 e. The number of rotatable bonds is 6. The Hall–Kier alpha value is -2.34. The van der Waals surface area contributed by atoms with E-state index in [4.69, 9.17) is 14.6 Å². The normalized spacial score (nSPS) is 10.2. The molecule has 0 unspecified atom stereocenters. The lowest BCUT2D eigenvalue weighted by Gasteiger charge is -2.09. The van der Waals surface area contributed by atoms with Gasteiger partial charge in [0.2, 0.25) is 0 Å². The molecule has 5 nitrogen and oxygen atoms in total. The Kier molecular flexibility index (Phi) is 5.76. The van der Waals surface area contributed by atoms with Crippen molar-refractivity contribution in [2.75, 3.05) is 6.61 Å². The Morgan fingerprint density at radius 1 is 1.13 bits per heavy atom. The molecule has 0 saturated heterocycles. The number of aromatic carboxylic acids is 1. The van der Waals surface area contributed by atoms with Crippen LogP contribution in [-0.2, 0) is 11.2 Å². The third-order valence-electron chi connectivity index (χ3n) is 3.08. The van der Waals surface area contributed by atoms with Crippen LogP contribution in [0.3, 0.4) is 0 Å². The summed E-state index contributed by atoms with van der Waals surface area (Å²) < 4.78 is 11.3. The molecule has 2 aromatic carbocycles. The molecule has 0 aliphatic heterocycles. The third-order valence-corrected chi connectivity index (χ3v) is 3.70. The molecule has 23 heavy (non-hydrogen) atoms. The summed E-state index contributed by atoms with van der Waals surface area (Å²) in [7, 11) is 0. The molecule has 0 aliphatic carbocycles. The van der Waals surface area contributed by atoms with E-state index in [2.05, 4.69) is 22.9 Å². The highest BCUT2D eigenvalue weighted by Crippen LogP contribution is 2.26. The molecular formula is C17H15BrO5. The maximum absolute atomic E-state index is 11.8. The van der Waals surface area contributed by atoms with Crippen LogP contribution < -0.4 is 9.47 Å². The molecule has 0 bridgehead atoms. The van der Waals surface area contributed by atoms with Crippen LogP contribution in [0.1, 0.15) is 22.8 Å². The molecule has 120 valence electrons. The van der Waals surface area contributed by atoms with Crippen molar-refractivity contribution in [1.29, 1.82) is 0 Å². The quantitative estimate of drug-likeness (QED) is 0.612. The minimum absolute atomic E-state index is 0.126. The number of aryl methyl sites for hydroxylation is 1. The van der Waals surface area contributed by atoms with Gasteiger partial charge in [-0.15, -0.1) is 0 Å². The van der Waals surface area contributed by atoms with Crippen LogP contribution in [0.2, 0.25) is 0 Å². The highest BCUT2D eigenvalue weighted by Gasteiger charge is 2.09. The summed E-state index contributed by atoms with van der Waals surface area (Å²) >= 11 is 3.39. The van der Waals surface area contributed by atoms with Gasteiger partial charge < -0.3 is 14.6 Å². The van der Waals surface area contributed by atoms with E-state index in [-0.39, 0.29) is 17.9 Å². The Morgan fingerprint density at radius 3 is 2.39 bits per heavy atom. The Morgan fingerprint density at radius 2 is 1.83 bits per heavy atom. The minimum Gasteiger partial charge on any atom is -0.481 e. The first-order valence-corrected chi connectivity index (χ1v) is 7.74. The van der Waals surface area contributed by atoms with Crippen molar-refractivity contribution < 1.29 is 24.2 Å². The molecule has 0 fully saturated rings. The van der Waals surface area contributed by atoms with E-state index < -0.39 is 11.9 Å². The fraction of sp³-hybridized carbons (Fsp3) is 0.176. The van der Waals surface area contributed by atoms with Crippen molar-refractivity contribution in [3.05, 3.63) is 58.1 Å². The third kappa shape index (κ3) is 4.82. The smallest absolute Gasteiger partial charge is 0.349 e. The second kappa shape index (κ2) is 7.78. The zero-order valence-corrected chi connectivity index (χ0v) is 14.0. The number of carboxylic acid groups (broad SMARTS) is 1. The molecule has 0 atom stereocenters. The van der Waals surface area contributed by atoms with Gasteiger partial charge in [-0.3, -0.25) is 0 Å². The molecule has 2 rings (SSSR count). The number of ether oxygens (including phenoxy) is 2. The molecule has 6 heteroatoms. The first kappa shape index (κ1) is 17.0. The molecule has 2 aromatic rings. The topological polar surface area (TPSA) is 72.8 Å². The fourth-order valence-corrected chi connectivity index (χ4v) is 2.39. The molecule has 0 spiro atoms. The van der Waals surface area contributed by atoms with Crippen molar-refractivity contribution >= 4 is 27.9 Å². The monoisotopic (exact) mass is 378 g/mol. The van der Waals surface area contributed by atoms with Crippen LogP contribution in [0.4, 0.5) is 0 Å². The highest BCUT2D eigenvalue weighted by atomic mass is 79.9. The van der Waals surface area contributed by atoms with Crippen LogP contribution in [0.5, 0.6) is 11.5 Å². The summed E-state index contributed by atoms with van der Waals surface area (Å²) in [6, 6.07) is 11.2. The second-order valence-electron chi connectivity index (χ2n) is 4.71. The van der Waals surface area contributed by atoms with E-state index in [1.54, 1.807) is 6.07 Å². The van der Waals surface area contributed by atoms with Crippen molar-refractivity contribution in [2.24, 2.45) is 0 Å². The zero-order valence-electron chi connectivity index (χ0n) is 12.4. The van der Waals surface area contributed by atoms with Gasteiger partial charge in [-0.25, -0.2) is 9.59 Å². The average molecular weight is 379 g/mol. The van der Waals surface area contributed by atoms with Crippen molar-refractivity contribution in [3.63, 3.8) is 0 Å². The van der Waals surface area contributed by atoms with Gasteiger partial charge in [-0.2, -0.15) is 0 Å². The number of hydrogen-bond donors (Lipinski definition) is 1. The molecule has 0 radical (unpaired) electrons. The number of carboxylic acids is 1. The summed E-state index contributed by atoms with van der Waals surface area (Å²) in [5, 5.41) is 8.80. The van der Waals surface area contributed by atoms with E-state index in [1.165, 1.54) is 24.3 Å². The van der Waals surface area contributed by atoms with Gasteiger partial charge in [0.15, 0.2) is 6.61 Å². The lowest BCUT2D eigenvalue weighted by molar-refractivity contribution is -0.136. The number of esters is 1. The summed E-state index contributed by atoms with van der Waals surface area (Å²) in [4.78, 5) is 22.5. The number of benzene rings is 2. The number of carbonyl (C=O) groups is 2. The predicted molar refractivity (Wildman–Crippen MR) is 88.1 cm³/mol. The highest BCUT2D eigenvalue weighted by molar-refractivity contribution is 9.10.